The molecule has 120 valence electrons. The molecule has 0 spiro atoms. The van der Waals surface area contributed by atoms with Gasteiger partial charge >= 0.3 is 0 Å². The van der Waals surface area contributed by atoms with Crippen LogP contribution in [-0.4, -0.2) is 49.1 Å². The normalized spacial score (nSPS) is 22.2. The van der Waals surface area contributed by atoms with Crippen LogP contribution in [0, 0.1) is 11.6 Å². The Kier molecular flexibility index (Phi) is 3.80. The number of hydrogen-bond donors (Lipinski definition) is 2. The lowest BCUT2D eigenvalue weighted by molar-refractivity contribution is -0.134. The van der Waals surface area contributed by atoms with Gasteiger partial charge in [0.1, 0.15) is 22.2 Å². The second-order valence-corrected chi connectivity index (χ2v) is 7.01. The van der Waals surface area contributed by atoms with Gasteiger partial charge in [-0.3, -0.25) is 4.79 Å². The van der Waals surface area contributed by atoms with Crippen LogP contribution < -0.4 is 5.48 Å². The SMILES string of the molecule is CN1N=C(c2cc(F)c(S(C)(=O)=O)c(F)c2)C(C)(NO)C1=O. The number of rotatable bonds is 3. The second-order valence-electron chi connectivity index (χ2n) is 5.06. The summed E-state index contributed by atoms with van der Waals surface area (Å²) in [5, 5.41) is 13.9. The van der Waals surface area contributed by atoms with Gasteiger partial charge < -0.3 is 5.21 Å². The van der Waals surface area contributed by atoms with Crippen molar-refractivity contribution in [3.63, 3.8) is 0 Å². The molecule has 22 heavy (non-hydrogen) atoms. The van der Waals surface area contributed by atoms with Gasteiger partial charge in [-0.15, -0.1) is 0 Å². The lowest BCUT2D eigenvalue weighted by atomic mass is 9.91. The number of hydroxylamine groups is 1. The topological polar surface area (TPSA) is 99.1 Å². The zero-order valence-electron chi connectivity index (χ0n) is 11.9. The van der Waals surface area contributed by atoms with E-state index in [1.165, 1.54) is 14.0 Å². The van der Waals surface area contributed by atoms with E-state index in [1.54, 1.807) is 5.48 Å². The van der Waals surface area contributed by atoms with Gasteiger partial charge in [0.15, 0.2) is 15.4 Å². The summed E-state index contributed by atoms with van der Waals surface area (Å²) in [4.78, 5) is 10.9. The Morgan fingerprint density at radius 2 is 1.82 bits per heavy atom. The molecule has 0 aromatic heterocycles. The molecule has 1 aromatic rings. The molecule has 0 radical (unpaired) electrons. The van der Waals surface area contributed by atoms with Crippen molar-refractivity contribution in [1.29, 1.82) is 0 Å². The molecular weight excluding hydrogens is 320 g/mol. The van der Waals surface area contributed by atoms with Gasteiger partial charge in [-0.25, -0.2) is 22.2 Å². The van der Waals surface area contributed by atoms with Crippen molar-refractivity contribution in [3.8, 4) is 0 Å². The summed E-state index contributed by atoms with van der Waals surface area (Å²) >= 11 is 0. The molecule has 0 bridgehead atoms. The standard InChI is InChI=1S/C12H13F2N3O4S/c1-12(16-19)10(15-17(2)11(12)18)6-4-7(13)9(8(14)5-6)22(3,20)21/h4-5,16,19H,1-3H3. The van der Waals surface area contributed by atoms with Crippen LogP contribution in [-0.2, 0) is 14.6 Å². The Labute approximate surface area is 125 Å². The fourth-order valence-corrected chi connectivity index (χ4v) is 3.04. The quantitative estimate of drug-likeness (QED) is 0.774. The van der Waals surface area contributed by atoms with Crippen molar-refractivity contribution in [3.05, 3.63) is 29.3 Å². The number of likely N-dealkylation sites (N-methyl/N-ethyl adjacent to an activating group) is 1. The molecule has 0 saturated heterocycles. The molecule has 2 rings (SSSR count). The maximum Gasteiger partial charge on any atom is 0.270 e. The van der Waals surface area contributed by atoms with E-state index in [9.17, 15) is 27.2 Å². The lowest BCUT2D eigenvalue weighted by Crippen LogP contribution is -2.53. The van der Waals surface area contributed by atoms with Gasteiger partial charge in [-0.05, 0) is 19.1 Å². The van der Waals surface area contributed by atoms with Gasteiger partial charge in [0.05, 0.1) is 0 Å². The van der Waals surface area contributed by atoms with E-state index >= 15 is 0 Å². The molecule has 1 aliphatic heterocycles. The number of sulfone groups is 1. The predicted octanol–water partition coefficient (Wildman–Crippen LogP) is 0.282. The summed E-state index contributed by atoms with van der Waals surface area (Å²) in [6.07, 6.45) is 0.679. The number of amides is 1. The maximum atomic E-state index is 14.0. The average molecular weight is 333 g/mol. The van der Waals surface area contributed by atoms with E-state index in [4.69, 9.17) is 0 Å². The number of halogens is 2. The maximum absolute atomic E-state index is 14.0. The summed E-state index contributed by atoms with van der Waals surface area (Å²) in [5.41, 5.74) is -0.228. The predicted molar refractivity (Wildman–Crippen MR) is 72.1 cm³/mol. The minimum Gasteiger partial charge on any atom is -0.315 e. The molecule has 1 unspecified atom stereocenters. The van der Waals surface area contributed by atoms with Gasteiger partial charge in [0.2, 0.25) is 0 Å². The summed E-state index contributed by atoms with van der Waals surface area (Å²) < 4.78 is 50.6. The van der Waals surface area contributed by atoms with Crippen molar-refractivity contribution in [2.45, 2.75) is 17.4 Å². The fraction of sp³-hybridized carbons (Fsp3) is 0.333. The third kappa shape index (κ3) is 2.38. The number of hydrogen-bond acceptors (Lipinski definition) is 6. The Morgan fingerprint density at radius 3 is 2.23 bits per heavy atom. The summed E-state index contributed by atoms with van der Waals surface area (Å²) in [5.74, 6) is -3.25. The van der Waals surface area contributed by atoms with Crippen molar-refractivity contribution in [1.82, 2.24) is 10.5 Å². The van der Waals surface area contributed by atoms with Gasteiger partial charge in [-0.2, -0.15) is 10.6 Å². The van der Waals surface area contributed by atoms with Crippen LogP contribution in [0.1, 0.15) is 12.5 Å². The van der Waals surface area contributed by atoms with Crippen LogP contribution in [0.5, 0.6) is 0 Å². The van der Waals surface area contributed by atoms with Crippen LogP contribution in [0.15, 0.2) is 22.1 Å². The van der Waals surface area contributed by atoms with Crippen molar-refractivity contribution < 1.29 is 27.2 Å². The molecular formula is C12H13F2N3O4S. The zero-order valence-corrected chi connectivity index (χ0v) is 12.7. The number of carbonyl (C=O) groups excluding carboxylic acids is 1. The number of nitrogens with zero attached hydrogens (tertiary/aromatic N) is 2. The van der Waals surface area contributed by atoms with E-state index < -0.39 is 37.8 Å². The minimum absolute atomic E-state index is 0.139. The van der Waals surface area contributed by atoms with E-state index in [1.807, 2.05) is 0 Å². The molecule has 1 aliphatic rings. The number of carbonyl (C=O) groups is 1. The largest absolute Gasteiger partial charge is 0.315 e. The molecule has 0 aliphatic carbocycles. The Hall–Kier alpha value is -1.91. The summed E-state index contributed by atoms with van der Waals surface area (Å²) in [6.45, 7) is 1.28. The molecule has 10 heteroatoms. The third-order valence-electron chi connectivity index (χ3n) is 3.31. The molecule has 1 aromatic carbocycles. The minimum atomic E-state index is -4.09. The molecule has 1 amide bonds. The van der Waals surface area contributed by atoms with Crippen LogP contribution in [0.4, 0.5) is 8.78 Å². The first kappa shape index (κ1) is 16.5. The highest BCUT2D eigenvalue weighted by Gasteiger charge is 2.47. The first-order chi connectivity index (χ1) is 10.0. The number of nitrogens with one attached hydrogen (secondary N) is 1. The van der Waals surface area contributed by atoms with Crippen molar-refractivity contribution >= 4 is 21.5 Å². The summed E-state index contributed by atoms with van der Waals surface area (Å²) in [6, 6.07) is 1.50. The lowest BCUT2D eigenvalue weighted by Gasteiger charge is -2.22. The number of benzene rings is 1. The Bertz CT molecular complexity index is 771. The zero-order chi connectivity index (χ0) is 16.9. The molecule has 2 N–H and O–H groups in total. The van der Waals surface area contributed by atoms with Gasteiger partial charge in [-0.1, -0.05) is 0 Å². The first-order valence-corrected chi connectivity index (χ1v) is 7.89. The third-order valence-corrected chi connectivity index (χ3v) is 4.44. The van der Waals surface area contributed by atoms with E-state index in [-0.39, 0.29) is 11.3 Å². The Morgan fingerprint density at radius 1 is 1.32 bits per heavy atom. The van der Waals surface area contributed by atoms with E-state index in [0.717, 1.165) is 17.1 Å². The first-order valence-electron chi connectivity index (χ1n) is 6.00. The van der Waals surface area contributed by atoms with Gasteiger partial charge in [0.25, 0.3) is 5.91 Å². The fourth-order valence-electron chi connectivity index (χ4n) is 2.22. The molecule has 0 saturated carbocycles. The highest BCUT2D eigenvalue weighted by Crippen LogP contribution is 2.27. The van der Waals surface area contributed by atoms with E-state index in [2.05, 4.69) is 5.10 Å². The summed E-state index contributed by atoms with van der Waals surface area (Å²) in [7, 11) is -2.78. The van der Waals surface area contributed by atoms with Gasteiger partial charge in [0, 0.05) is 18.9 Å². The van der Waals surface area contributed by atoms with Crippen LogP contribution in [0.2, 0.25) is 0 Å². The van der Waals surface area contributed by atoms with Crippen LogP contribution in [0.25, 0.3) is 0 Å². The Balaban J connectivity index is 2.65. The monoisotopic (exact) mass is 333 g/mol. The molecule has 0 fully saturated rings. The van der Waals surface area contributed by atoms with E-state index in [0.29, 0.717) is 6.26 Å². The molecule has 1 heterocycles. The molecule has 1 atom stereocenters. The van der Waals surface area contributed by atoms with Crippen molar-refractivity contribution in [2.75, 3.05) is 13.3 Å². The van der Waals surface area contributed by atoms with Crippen molar-refractivity contribution in [2.24, 2.45) is 5.10 Å². The smallest absolute Gasteiger partial charge is 0.270 e. The second kappa shape index (κ2) is 5.07. The average Bonchev–Trinajstić information content (AvgIpc) is 2.61. The highest BCUT2D eigenvalue weighted by atomic mass is 32.2. The number of hydrazone groups is 1. The van der Waals surface area contributed by atoms with Crippen LogP contribution >= 0.6 is 0 Å². The van der Waals surface area contributed by atoms with Crippen LogP contribution in [0.3, 0.4) is 0 Å². The highest BCUT2D eigenvalue weighted by molar-refractivity contribution is 7.90. The molecule has 7 nitrogen and oxygen atoms in total.